The number of methoxy groups -OCH3 is 1. The van der Waals surface area contributed by atoms with Crippen LogP contribution < -0.4 is 25.6 Å². The van der Waals surface area contributed by atoms with Gasteiger partial charge in [-0.05, 0) is 44.7 Å². The molecule has 2 fully saturated rings. The highest BCUT2D eigenvalue weighted by atomic mass is 16.5. The van der Waals surface area contributed by atoms with Gasteiger partial charge in [0.1, 0.15) is 23.5 Å². The number of para-hydroxylation sites is 1. The predicted octanol–water partition coefficient (Wildman–Crippen LogP) is 5.71. The molecule has 46 heavy (non-hydrogen) atoms. The molecule has 2 amide bonds. The van der Waals surface area contributed by atoms with Crippen molar-refractivity contribution >= 4 is 45.8 Å². The summed E-state index contributed by atoms with van der Waals surface area (Å²) in [5.41, 5.74) is 4.45. The van der Waals surface area contributed by atoms with Gasteiger partial charge in [-0.15, -0.1) is 0 Å². The summed E-state index contributed by atoms with van der Waals surface area (Å²) in [7, 11) is 3.57. The van der Waals surface area contributed by atoms with Gasteiger partial charge in [-0.25, -0.2) is 19.6 Å². The minimum absolute atomic E-state index is 0.253. The van der Waals surface area contributed by atoms with Crippen molar-refractivity contribution in [1.29, 1.82) is 0 Å². The second-order valence-electron chi connectivity index (χ2n) is 12.0. The average Bonchev–Trinajstić information content (AvgIpc) is 3.31. The maximum atomic E-state index is 13.2. The van der Waals surface area contributed by atoms with E-state index in [1.165, 1.54) is 18.9 Å². The number of rotatable bonds is 10. The highest BCUT2D eigenvalue weighted by Gasteiger charge is 2.27. The quantitative estimate of drug-likeness (QED) is 0.189. The van der Waals surface area contributed by atoms with Crippen molar-refractivity contribution in [3.63, 3.8) is 0 Å². The molecule has 242 valence electrons. The molecule has 12 heteroatoms. The maximum absolute atomic E-state index is 13.2. The van der Waals surface area contributed by atoms with Gasteiger partial charge < -0.3 is 39.6 Å². The fourth-order valence-electron chi connectivity index (χ4n) is 5.96. The highest BCUT2D eigenvalue weighted by molar-refractivity contribution is 6.08. The molecule has 1 saturated carbocycles. The van der Waals surface area contributed by atoms with Gasteiger partial charge in [0, 0.05) is 44.3 Å². The number of carbonyl (C=O) groups excluding carboxylic acids is 2. The molecule has 6 rings (SSSR count). The van der Waals surface area contributed by atoms with Gasteiger partial charge in [-0.3, -0.25) is 0 Å². The minimum Gasteiger partial charge on any atom is -0.494 e. The van der Waals surface area contributed by atoms with E-state index in [1.807, 2.05) is 48.0 Å². The van der Waals surface area contributed by atoms with Crippen molar-refractivity contribution < 1.29 is 23.8 Å². The molecule has 0 bridgehead atoms. The summed E-state index contributed by atoms with van der Waals surface area (Å²) < 4.78 is 19.1. The Kier molecular flexibility index (Phi) is 9.25. The third kappa shape index (κ3) is 6.43. The zero-order valence-corrected chi connectivity index (χ0v) is 26.8. The summed E-state index contributed by atoms with van der Waals surface area (Å²) in [5, 5.41) is 10.6. The second-order valence-corrected chi connectivity index (χ2v) is 12.0. The largest absolute Gasteiger partial charge is 0.494 e. The van der Waals surface area contributed by atoms with Gasteiger partial charge in [0.15, 0.2) is 0 Å². The molecule has 12 nitrogen and oxygen atoms in total. The molecule has 3 N–H and O–H groups in total. The zero-order chi connectivity index (χ0) is 32.2. The van der Waals surface area contributed by atoms with Crippen LogP contribution >= 0.6 is 0 Å². The number of nitrogens with one attached hydrogen (secondary N) is 3. The van der Waals surface area contributed by atoms with Gasteiger partial charge >= 0.3 is 12.0 Å². The maximum Gasteiger partial charge on any atom is 0.342 e. The molecule has 0 radical (unpaired) electrons. The van der Waals surface area contributed by atoms with Crippen LogP contribution in [-0.4, -0.2) is 72.6 Å². The van der Waals surface area contributed by atoms with Crippen molar-refractivity contribution in [3.8, 4) is 17.0 Å². The molecule has 1 aliphatic heterocycles. The Balaban J connectivity index is 1.44. The minimum atomic E-state index is -0.503. The monoisotopic (exact) mass is 627 g/mol. The van der Waals surface area contributed by atoms with Gasteiger partial charge in [0.25, 0.3) is 0 Å². The lowest BCUT2D eigenvalue weighted by molar-refractivity contribution is 0.0378. The van der Waals surface area contributed by atoms with E-state index in [0.717, 1.165) is 29.4 Å². The molecule has 1 saturated heterocycles. The van der Waals surface area contributed by atoms with Gasteiger partial charge in [-0.2, -0.15) is 0 Å². The molecule has 2 aromatic heterocycles. The van der Waals surface area contributed by atoms with Gasteiger partial charge in [0.05, 0.1) is 60.3 Å². The van der Waals surface area contributed by atoms with Crippen LogP contribution in [0.5, 0.6) is 5.75 Å². The number of carbonyl (C=O) groups is 2. The van der Waals surface area contributed by atoms with Crippen LogP contribution in [0.2, 0.25) is 0 Å². The summed E-state index contributed by atoms with van der Waals surface area (Å²) in [6.07, 6.45) is 6.11. The predicted molar refractivity (Wildman–Crippen MR) is 178 cm³/mol. The number of esters is 1. The van der Waals surface area contributed by atoms with E-state index < -0.39 is 5.97 Å². The Morgan fingerprint density at radius 3 is 2.61 bits per heavy atom. The summed E-state index contributed by atoms with van der Waals surface area (Å²) in [6.45, 7) is 6.82. The van der Waals surface area contributed by atoms with Crippen molar-refractivity contribution in [2.75, 3.05) is 55.5 Å². The van der Waals surface area contributed by atoms with E-state index in [1.54, 1.807) is 21.0 Å². The Bertz CT molecular complexity index is 1730. The lowest BCUT2D eigenvalue weighted by Crippen LogP contribution is -2.38. The van der Waals surface area contributed by atoms with Crippen LogP contribution in [-0.2, 0) is 16.5 Å². The fraction of sp³-hybridized carbons (Fsp3) is 0.412. The second kappa shape index (κ2) is 13.7. The lowest BCUT2D eigenvalue weighted by atomic mass is 9.85. The molecule has 2 aliphatic rings. The number of nitrogens with zero attached hydrogens (tertiary/aromatic N) is 4. The Hall–Kier alpha value is -4.84. The van der Waals surface area contributed by atoms with E-state index in [-0.39, 0.29) is 17.7 Å². The van der Waals surface area contributed by atoms with Crippen LogP contribution in [0.15, 0.2) is 48.9 Å². The number of aromatic nitrogens is 3. The number of fused-ring (bicyclic) bond motifs is 1. The number of ether oxygens (including phenoxy) is 3. The summed E-state index contributed by atoms with van der Waals surface area (Å²) >= 11 is 0. The number of morpholine rings is 1. The Morgan fingerprint density at radius 1 is 1.11 bits per heavy atom. The first-order valence-electron chi connectivity index (χ1n) is 15.8. The summed E-state index contributed by atoms with van der Waals surface area (Å²) in [4.78, 5) is 37.2. The number of anilines is 4. The number of urea groups is 1. The number of hydrogen-bond acceptors (Lipinski definition) is 9. The molecule has 0 spiro atoms. The number of benzene rings is 2. The van der Waals surface area contributed by atoms with Gasteiger partial charge in [-0.1, -0.05) is 24.6 Å². The zero-order valence-electron chi connectivity index (χ0n) is 26.8. The lowest BCUT2D eigenvalue weighted by Gasteiger charge is -2.31. The highest BCUT2D eigenvalue weighted by Crippen LogP contribution is 2.44. The third-order valence-corrected chi connectivity index (χ3v) is 8.57. The van der Waals surface area contributed by atoms with Crippen LogP contribution in [0.25, 0.3) is 22.2 Å². The fourth-order valence-corrected chi connectivity index (χ4v) is 5.96. The Labute approximate surface area is 268 Å². The molecular formula is C34H41N7O5. The van der Waals surface area contributed by atoms with Crippen molar-refractivity contribution in [1.82, 2.24) is 19.9 Å². The smallest absolute Gasteiger partial charge is 0.342 e. The normalized spacial score (nSPS) is 15.0. The topological polar surface area (TPSA) is 132 Å². The first-order chi connectivity index (χ1) is 22.3. The summed E-state index contributed by atoms with van der Waals surface area (Å²) in [5.74, 6) is 1.29. The van der Waals surface area contributed by atoms with Crippen LogP contribution in [0, 0.1) is 5.92 Å². The van der Waals surface area contributed by atoms with E-state index in [4.69, 9.17) is 14.2 Å². The van der Waals surface area contributed by atoms with Crippen molar-refractivity contribution in [2.45, 2.75) is 39.2 Å². The summed E-state index contributed by atoms with van der Waals surface area (Å²) in [6, 6.07) is 11.5. The SMILES string of the molecule is COc1cc(N2CCOCC2)c(NC(=O)NCC2CCC2)cc1Nc1c(-c2ncncc2C(=O)OC(C)C)c2ccccc2n1C. The molecular weight excluding hydrogens is 586 g/mol. The average molecular weight is 628 g/mol. The molecule has 1 aliphatic carbocycles. The third-order valence-electron chi connectivity index (χ3n) is 8.57. The van der Waals surface area contributed by atoms with Gasteiger partial charge in [0.2, 0.25) is 0 Å². The van der Waals surface area contributed by atoms with Crippen molar-refractivity contribution in [3.05, 3.63) is 54.5 Å². The van der Waals surface area contributed by atoms with E-state index >= 15 is 0 Å². The molecule has 0 unspecified atom stereocenters. The number of amides is 2. The van der Waals surface area contributed by atoms with Crippen LogP contribution in [0.3, 0.4) is 0 Å². The van der Waals surface area contributed by atoms with Crippen LogP contribution in [0.4, 0.5) is 27.7 Å². The molecule has 0 atom stereocenters. The van der Waals surface area contributed by atoms with Crippen molar-refractivity contribution in [2.24, 2.45) is 13.0 Å². The first kappa shape index (κ1) is 31.2. The van der Waals surface area contributed by atoms with E-state index in [2.05, 4.69) is 30.8 Å². The van der Waals surface area contributed by atoms with E-state index in [0.29, 0.717) is 73.0 Å². The number of aryl methyl sites for hydroxylation is 1. The standard InChI is InChI=1S/C34H41N7O5/c1-21(2)46-33(42)24-19-35-20-37-31(24)30-23-10-5-6-11-27(23)40(3)32(30)38-26-16-25(39-34(43)36-18-22-8-7-9-22)28(17-29(26)44-4)41-12-14-45-15-13-41/h5-6,10-11,16-17,19-22,38H,7-9,12-15,18H2,1-4H3,(H2,36,39,43). The first-order valence-corrected chi connectivity index (χ1v) is 15.8. The Morgan fingerprint density at radius 2 is 1.89 bits per heavy atom. The molecule has 2 aromatic carbocycles. The van der Waals surface area contributed by atoms with Crippen LogP contribution in [0.1, 0.15) is 43.5 Å². The molecule has 3 heterocycles. The van der Waals surface area contributed by atoms with E-state index in [9.17, 15) is 9.59 Å². The molecule has 4 aromatic rings. The number of hydrogen-bond donors (Lipinski definition) is 3.